The number of likely N-dealkylation sites (N-methyl/N-ethyl adjacent to an activating group) is 1. The number of aliphatic hydroxyl groups excluding tert-OH is 3. The molecule has 29 nitrogen and oxygen atoms in total. The maximum atomic E-state index is 10.5. The Morgan fingerprint density at radius 2 is 0.798 bits per heavy atom. The maximum absolute atomic E-state index is 10.5. The quantitative estimate of drug-likeness (QED) is 0.0572. The van der Waals surface area contributed by atoms with E-state index >= 15 is 0 Å². The molecule has 0 aromatic heterocycles. The molecule has 2 aliphatic rings. The van der Waals surface area contributed by atoms with E-state index in [-0.39, 0.29) is 79.1 Å². The highest BCUT2D eigenvalue weighted by molar-refractivity contribution is 5.68. The van der Waals surface area contributed by atoms with Crippen LogP contribution in [-0.4, -0.2) is 324 Å². The molecule has 2 aliphatic heterocycles. The van der Waals surface area contributed by atoms with E-state index in [4.69, 9.17) is 48.1 Å². The Morgan fingerprint density at radius 3 is 1.12 bits per heavy atom. The average molecular weight is 1300 g/mol. The fourth-order valence-electron chi connectivity index (χ4n) is 5.82. The van der Waals surface area contributed by atoms with Crippen molar-refractivity contribution in [2.24, 2.45) is 0 Å². The molecule has 1 unspecified atom stereocenters. The molecule has 89 heavy (non-hydrogen) atoms. The molecule has 2 heterocycles. The highest BCUT2D eigenvalue weighted by Gasteiger charge is 2.16. The minimum absolute atomic E-state index is 0.0417. The summed E-state index contributed by atoms with van der Waals surface area (Å²) in [5, 5.41) is 26.8. The standard InChI is InChI=1S/C9H17NO4.C8H17NO4.C8H15NO3.C8H17NO2.C7H15NO2.C6H13NO2.C6H12O2.C5H10O2.C3H6O2/c1-8(11)14-7-9(12)6-10-2-4-13-5-3-10;1-8(12)13-7-4-9(2-5-10)3-6-11;1-8(10)12-7-4-9-2-5-11-6-3-9;1-8(10)11-7-5-4-6-9(2)3;1-7(9)10-6-4-5-8(2)3;1-6(8)9-5-4-7(2)3;1-5(7)8-6(2,3)4;1-3-4-7-5(2)6;1-3(4)5-2/h9,12H,2-7H2,1H3;10-11H,2-7H2,1H3;2-7H2,1H3;4-7H2,1-3H3;4-6H2,1-3H3;4-5H2,1-3H3;1-4H3;3-4H2,1-2H3;1-2H3. The minimum atomic E-state index is -0.600. The molecule has 0 radical (unpaired) electrons. The van der Waals surface area contributed by atoms with Crippen molar-refractivity contribution >= 4 is 53.7 Å². The van der Waals surface area contributed by atoms with Crippen molar-refractivity contribution in [2.45, 2.75) is 127 Å². The second-order valence-electron chi connectivity index (χ2n) is 21.0. The topological polar surface area (TPSA) is 335 Å². The first-order chi connectivity index (χ1) is 41.5. The summed E-state index contributed by atoms with van der Waals surface area (Å²) in [5.74, 6) is -2.13. The molecule has 0 aromatic carbocycles. The molecule has 2 fully saturated rings. The molecule has 29 heteroatoms. The van der Waals surface area contributed by atoms with Gasteiger partial charge < -0.3 is 82.1 Å². The number of nitrogens with zero attached hydrogens (tertiary/aromatic N) is 6. The van der Waals surface area contributed by atoms with Gasteiger partial charge in [0.1, 0.15) is 38.1 Å². The van der Waals surface area contributed by atoms with Crippen LogP contribution in [0.5, 0.6) is 0 Å². The van der Waals surface area contributed by atoms with Gasteiger partial charge in [0.2, 0.25) is 0 Å². The van der Waals surface area contributed by atoms with Gasteiger partial charge in [-0.15, -0.1) is 0 Å². The molecule has 0 saturated carbocycles. The van der Waals surface area contributed by atoms with E-state index < -0.39 is 6.10 Å². The van der Waals surface area contributed by atoms with Crippen LogP contribution in [-0.2, 0) is 95.3 Å². The first kappa shape index (κ1) is 97.4. The molecular formula is C60H122N6O23. The number of β-amino-alcohol motifs (C(OH)–C–C–N with tert-alkyl or cyclic N) is 1. The van der Waals surface area contributed by atoms with Crippen molar-refractivity contribution in [2.75, 3.05) is 214 Å². The second kappa shape index (κ2) is 70.3. The lowest BCUT2D eigenvalue weighted by Crippen LogP contribution is -2.42. The van der Waals surface area contributed by atoms with Gasteiger partial charge in [-0.2, -0.15) is 0 Å². The molecule has 0 aromatic rings. The summed E-state index contributed by atoms with van der Waals surface area (Å²) < 4.78 is 52.2. The van der Waals surface area contributed by atoms with Crippen LogP contribution < -0.4 is 0 Å². The van der Waals surface area contributed by atoms with E-state index in [2.05, 4.69) is 33.8 Å². The molecule has 0 bridgehead atoms. The number of methoxy groups -OCH3 is 1. The van der Waals surface area contributed by atoms with E-state index in [1.807, 2.05) is 79.8 Å². The highest BCUT2D eigenvalue weighted by Crippen LogP contribution is 2.06. The van der Waals surface area contributed by atoms with E-state index in [9.17, 15) is 48.3 Å². The molecule has 2 saturated heterocycles. The highest BCUT2D eigenvalue weighted by atomic mass is 16.6. The van der Waals surface area contributed by atoms with Gasteiger partial charge in [-0.3, -0.25) is 57.9 Å². The summed E-state index contributed by atoms with van der Waals surface area (Å²) in [5.41, 5.74) is -0.328. The summed E-state index contributed by atoms with van der Waals surface area (Å²) in [7, 11) is 13.3. The molecule has 530 valence electrons. The maximum Gasteiger partial charge on any atom is 0.303 e. The molecule has 0 amide bonds. The van der Waals surface area contributed by atoms with Gasteiger partial charge in [0, 0.05) is 134 Å². The zero-order valence-electron chi connectivity index (χ0n) is 58.3. The van der Waals surface area contributed by atoms with Gasteiger partial charge >= 0.3 is 53.7 Å². The third-order valence-corrected chi connectivity index (χ3v) is 9.86. The molecule has 0 spiro atoms. The molecule has 2 rings (SSSR count). The van der Waals surface area contributed by atoms with Crippen LogP contribution in [0.3, 0.4) is 0 Å². The predicted molar refractivity (Wildman–Crippen MR) is 337 cm³/mol. The van der Waals surface area contributed by atoms with Crippen LogP contribution in [0.2, 0.25) is 0 Å². The van der Waals surface area contributed by atoms with Gasteiger partial charge in [-0.05, 0) is 95.3 Å². The number of hydrogen-bond donors (Lipinski definition) is 3. The number of rotatable bonds is 28. The minimum Gasteiger partial charge on any atom is -0.469 e. The number of aliphatic hydroxyl groups is 3. The zero-order valence-corrected chi connectivity index (χ0v) is 58.3. The van der Waals surface area contributed by atoms with Gasteiger partial charge in [0.15, 0.2) is 0 Å². The van der Waals surface area contributed by atoms with E-state index in [0.29, 0.717) is 79.0 Å². The van der Waals surface area contributed by atoms with Crippen LogP contribution in [0.4, 0.5) is 0 Å². The van der Waals surface area contributed by atoms with Crippen molar-refractivity contribution in [3.05, 3.63) is 0 Å². The summed E-state index contributed by atoms with van der Waals surface area (Å²) in [6, 6.07) is 0. The van der Waals surface area contributed by atoms with Crippen LogP contribution in [0, 0.1) is 0 Å². The molecular weight excluding hydrogens is 1170 g/mol. The summed E-state index contributed by atoms with van der Waals surface area (Å²) in [6.07, 6.45) is 3.25. The number of morpholine rings is 2. The van der Waals surface area contributed by atoms with E-state index in [1.54, 1.807) is 0 Å². The average Bonchev–Trinajstić information content (AvgIpc) is 3.56. The Labute approximate surface area is 533 Å². The van der Waals surface area contributed by atoms with Gasteiger partial charge in [-0.25, -0.2) is 0 Å². The van der Waals surface area contributed by atoms with Crippen LogP contribution in [0.25, 0.3) is 0 Å². The Bertz CT molecular complexity index is 1710. The molecule has 1 atom stereocenters. The van der Waals surface area contributed by atoms with Crippen LogP contribution >= 0.6 is 0 Å². The number of esters is 9. The van der Waals surface area contributed by atoms with Crippen LogP contribution in [0.1, 0.15) is 116 Å². The van der Waals surface area contributed by atoms with Crippen molar-refractivity contribution in [1.29, 1.82) is 0 Å². The summed E-state index contributed by atoms with van der Waals surface area (Å²) >= 11 is 0. The second-order valence-corrected chi connectivity index (χ2v) is 21.0. The Hall–Kier alpha value is -5.21. The number of ether oxygens (including phenoxy) is 11. The zero-order chi connectivity index (χ0) is 70.0. The fraction of sp³-hybridized carbons (Fsp3) is 0.850. The molecule has 3 N–H and O–H groups in total. The van der Waals surface area contributed by atoms with Crippen molar-refractivity contribution in [3.63, 3.8) is 0 Å². The van der Waals surface area contributed by atoms with Gasteiger partial charge in [0.05, 0.1) is 66.6 Å². The van der Waals surface area contributed by atoms with Gasteiger partial charge in [0.25, 0.3) is 0 Å². The third-order valence-electron chi connectivity index (χ3n) is 9.86. The summed E-state index contributed by atoms with van der Waals surface area (Å²) in [4.78, 5) is 104. The normalized spacial score (nSPS) is 12.7. The fourth-order valence-corrected chi connectivity index (χ4v) is 5.82. The Balaban J connectivity index is -0.000000172. The lowest BCUT2D eigenvalue weighted by atomic mass is 10.2. The number of carbonyl (C=O) groups excluding carboxylic acids is 9. The Kier molecular flexibility index (Phi) is 76.9. The van der Waals surface area contributed by atoms with E-state index in [0.717, 1.165) is 91.3 Å². The number of unbranched alkanes of at least 4 members (excludes halogenated alkanes) is 1. The Morgan fingerprint density at radius 1 is 0.449 bits per heavy atom. The first-order valence-corrected chi connectivity index (χ1v) is 29.9. The van der Waals surface area contributed by atoms with Crippen molar-refractivity contribution in [1.82, 2.24) is 29.4 Å². The first-order valence-electron chi connectivity index (χ1n) is 29.9. The number of carbonyl (C=O) groups is 9. The summed E-state index contributed by atoms with van der Waals surface area (Å²) in [6.45, 7) is 35.4. The van der Waals surface area contributed by atoms with Crippen LogP contribution in [0.15, 0.2) is 0 Å². The SMILES string of the molecule is CC(=O)OC(C)(C)C.CC(=O)OCC(O)CN1CCOCC1.CC(=O)OCCCCN(C)C.CC(=O)OCCCN(C)C.CC(=O)OCCN(C)C.CC(=O)OCCN(CCO)CCO.CC(=O)OCCN1CCOCC1.CCCOC(C)=O.COC(C)=O. The lowest BCUT2D eigenvalue weighted by Gasteiger charge is -2.28. The lowest BCUT2D eigenvalue weighted by molar-refractivity contribution is -0.152. The largest absolute Gasteiger partial charge is 0.469 e. The third kappa shape index (κ3) is 111. The van der Waals surface area contributed by atoms with Crippen molar-refractivity contribution in [3.8, 4) is 0 Å². The van der Waals surface area contributed by atoms with Gasteiger partial charge in [-0.1, -0.05) is 6.92 Å². The monoisotopic (exact) mass is 1290 g/mol. The smallest absolute Gasteiger partial charge is 0.303 e. The van der Waals surface area contributed by atoms with E-state index in [1.165, 1.54) is 69.4 Å². The number of hydrogen-bond acceptors (Lipinski definition) is 29. The predicted octanol–water partition coefficient (Wildman–Crippen LogP) is 1.95. The van der Waals surface area contributed by atoms with Crippen molar-refractivity contribution < 1.29 is 111 Å². The molecule has 0 aliphatic carbocycles.